The van der Waals surface area contributed by atoms with Gasteiger partial charge in [0.05, 0.1) is 24.9 Å². The molecule has 7 nitrogen and oxygen atoms in total. The molecule has 4 N–H and O–H groups in total. The molecule has 1 aliphatic rings. The van der Waals surface area contributed by atoms with Gasteiger partial charge in [-0.2, -0.15) is 10.4 Å². The number of aromatic amines is 1. The predicted octanol–water partition coefficient (Wildman–Crippen LogP) is 3.71. The number of nitriles is 1. The molecule has 0 amide bonds. The van der Waals surface area contributed by atoms with Gasteiger partial charge in [-0.15, -0.1) is 0 Å². The second-order valence-electron chi connectivity index (χ2n) is 7.50. The largest absolute Gasteiger partial charge is 0.496 e. The smallest absolute Gasteiger partial charge is 0.124 e. The number of methoxy groups -OCH3 is 1. The molecule has 4 aromatic rings. The first kappa shape index (κ1) is 19.8. The fraction of sp³-hybridized carbons (Fsp3) is 0.304. The van der Waals surface area contributed by atoms with E-state index in [0.29, 0.717) is 23.3 Å². The summed E-state index contributed by atoms with van der Waals surface area (Å²) < 4.78 is 7.42. The van der Waals surface area contributed by atoms with Crippen LogP contribution in [0, 0.1) is 18.3 Å². The summed E-state index contributed by atoms with van der Waals surface area (Å²) in [5, 5.41) is 18.9. The van der Waals surface area contributed by atoms with Gasteiger partial charge in [0.1, 0.15) is 17.3 Å². The maximum Gasteiger partial charge on any atom is 0.124 e. The quantitative estimate of drug-likeness (QED) is 0.453. The van der Waals surface area contributed by atoms with E-state index < -0.39 is 0 Å². The minimum atomic E-state index is 0.418. The molecule has 0 atom stereocenters. The van der Waals surface area contributed by atoms with Crippen LogP contribution < -0.4 is 15.8 Å². The van der Waals surface area contributed by atoms with Crippen LogP contribution in [0.15, 0.2) is 36.7 Å². The van der Waals surface area contributed by atoms with Crippen molar-refractivity contribution in [1.29, 1.82) is 5.26 Å². The summed E-state index contributed by atoms with van der Waals surface area (Å²) in [6, 6.07) is 9.76. The van der Waals surface area contributed by atoms with Gasteiger partial charge in [-0.25, -0.2) is 0 Å². The van der Waals surface area contributed by atoms with Gasteiger partial charge in [0, 0.05) is 34.2 Å². The third-order valence-electron chi connectivity index (χ3n) is 5.49. The highest BCUT2D eigenvalue weighted by atomic mass is 16.5. The first-order valence-corrected chi connectivity index (χ1v) is 10.1. The van der Waals surface area contributed by atoms with Crippen LogP contribution in [0.3, 0.4) is 0 Å². The van der Waals surface area contributed by atoms with E-state index in [1.807, 2.05) is 35.3 Å². The Bertz CT molecular complexity index is 1220. The van der Waals surface area contributed by atoms with Crippen LogP contribution in [0.25, 0.3) is 21.8 Å². The molecule has 7 heteroatoms. The maximum absolute atomic E-state index is 9.12. The number of hydrogen-bond acceptors (Lipinski definition) is 5. The Morgan fingerprint density at radius 2 is 2.07 bits per heavy atom. The summed E-state index contributed by atoms with van der Waals surface area (Å²) in [4.78, 5) is 3.27. The third-order valence-corrected chi connectivity index (χ3v) is 5.49. The Balaban J connectivity index is 0.000000383. The van der Waals surface area contributed by atoms with Gasteiger partial charge < -0.3 is 20.8 Å². The van der Waals surface area contributed by atoms with Gasteiger partial charge in [0.25, 0.3) is 0 Å². The minimum absolute atomic E-state index is 0.418. The Morgan fingerprint density at radius 1 is 1.27 bits per heavy atom. The molecule has 154 valence electrons. The first-order valence-electron chi connectivity index (χ1n) is 10.1. The molecule has 0 aliphatic carbocycles. The zero-order valence-corrected chi connectivity index (χ0v) is 17.3. The number of nitrogens with zero attached hydrogens (tertiary/aromatic N) is 3. The summed E-state index contributed by atoms with van der Waals surface area (Å²) in [5.74, 6) is 0.829. The summed E-state index contributed by atoms with van der Waals surface area (Å²) in [6.07, 6.45) is 6.64. The minimum Gasteiger partial charge on any atom is -0.496 e. The molecule has 5 rings (SSSR count). The van der Waals surface area contributed by atoms with Crippen LogP contribution in [0.1, 0.15) is 29.5 Å². The van der Waals surface area contributed by atoms with Crippen molar-refractivity contribution in [2.75, 3.05) is 25.9 Å². The standard InChI is InChI=1S/C19H17N5O.C4H9N/c1-11-7-16(25-2)15(14-5-6-22-18(11)14)10-24-9-13-4-3-12(8-20)17(21)19(13)23-24;1-2-4-5-3-1/h3-7,9,22H,10,21H2,1-2H3;5H,1-4H2. The molecule has 0 radical (unpaired) electrons. The monoisotopic (exact) mass is 402 g/mol. The molecule has 2 aromatic heterocycles. The van der Waals surface area contributed by atoms with E-state index in [1.54, 1.807) is 13.2 Å². The van der Waals surface area contributed by atoms with Crippen LogP contribution >= 0.6 is 0 Å². The van der Waals surface area contributed by atoms with Crippen molar-refractivity contribution in [2.45, 2.75) is 26.3 Å². The topological polar surface area (TPSA) is 105 Å². The van der Waals surface area contributed by atoms with Crippen molar-refractivity contribution < 1.29 is 4.74 Å². The lowest BCUT2D eigenvalue weighted by atomic mass is 10.0. The number of nitrogens with two attached hydrogens (primary N) is 1. The van der Waals surface area contributed by atoms with Gasteiger partial charge in [-0.3, -0.25) is 4.68 Å². The average Bonchev–Trinajstić information content (AvgIpc) is 3.52. The van der Waals surface area contributed by atoms with Crippen molar-refractivity contribution in [3.63, 3.8) is 0 Å². The highest BCUT2D eigenvalue weighted by molar-refractivity contribution is 5.92. The Hall–Kier alpha value is -3.50. The van der Waals surface area contributed by atoms with Crippen molar-refractivity contribution in [3.05, 3.63) is 53.3 Å². The van der Waals surface area contributed by atoms with Crippen molar-refractivity contribution in [1.82, 2.24) is 20.1 Å². The zero-order valence-electron chi connectivity index (χ0n) is 17.3. The summed E-state index contributed by atoms with van der Waals surface area (Å²) in [6.45, 7) is 5.10. The molecule has 0 bridgehead atoms. The number of aromatic nitrogens is 3. The van der Waals surface area contributed by atoms with E-state index in [-0.39, 0.29) is 0 Å². The highest BCUT2D eigenvalue weighted by Crippen LogP contribution is 2.32. The molecular weight excluding hydrogens is 376 g/mol. The van der Waals surface area contributed by atoms with Gasteiger partial charge in [0.2, 0.25) is 0 Å². The van der Waals surface area contributed by atoms with E-state index in [9.17, 15) is 0 Å². The Morgan fingerprint density at radius 3 is 2.73 bits per heavy atom. The molecule has 2 aromatic carbocycles. The number of nitrogen functional groups attached to an aromatic ring is 1. The molecule has 1 aliphatic heterocycles. The molecule has 0 saturated carbocycles. The van der Waals surface area contributed by atoms with Crippen molar-refractivity contribution in [3.8, 4) is 11.8 Å². The molecular formula is C23H26N6O. The average molecular weight is 403 g/mol. The lowest BCUT2D eigenvalue weighted by molar-refractivity contribution is 0.408. The third kappa shape index (κ3) is 3.70. The van der Waals surface area contributed by atoms with Crippen molar-refractivity contribution in [2.24, 2.45) is 0 Å². The van der Waals surface area contributed by atoms with Crippen LogP contribution in [0.5, 0.6) is 5.75 Å². The number of H-pyrrole nitrogens is 1. The van der Waals surface area contributed by atoms with E-state index in [1.165, 1.54) is 25.9 Å². The number of nitrogens with one attached hydrogen (secondary N) is 2. The van der Waals surface area contributed by atoms with Crippen LogP contribution in [0.2, 0.25) is 0 Å². The van der Waals surface area contributed by atoms with E-state index in [2.05, 4.69) is 28.4 Å². The van der Waals surface area contributed by atoms with Gasteiger partial charge >= 0.3 is 0 Å². The van der Waals surface area contributed by atoms with Gasteiger partial charge in [0.15, 0.2) is 0 Å². The van der Waals surface area contributed by atoms with E-state index in [4.69, 9.17) is 15.7 Å². The number of rotatable bonds is 3. The van der Waals surface area contributed by atoms with E-state index in [0.717, 1.165) is 33.2 Å². The number of benzene rings is 2. The molecule has 0 spiro atoms. The number of hydrogen-bond donors (Lipinski definition) is 3. The second kappa shape index (κ2) is 8.47. The maximum atomic E-state index is 9.12. The number of anilines is 1. The number of aryl methyl sites for hydroxylation is 1. The molecule has 1 fully saturated rings. The second-order valence-corrected chi connectivity index (χ2v) is 7.50. The van der Waals surface area contributed by atoms with Crippen LogP contribution in [-0.2, 0) is 6.54 Å². The first-order chi connectivity index (χ1) is 14.6. The predicted molar refractivity (Wildman–Crippen MR) is 120 cm³/mol. The highest BCUT2D eigenvalue weighted by Gasteiger charge is 2.14. The summed E-state index contributed by atoms with van der Waals surface area (Å²) in [5.41, 5.74) is 10.8. The fourth-order valence-electron chi connectivity index (χ4n) is 3.91. The lowest BCUT2D eigenvalue weighted by Gasteiger charge is -2.12. The lowest BCUT2D eigenvalue weighted by Crippen LogP contribution is -2.04. The van der Waals surface area contributed by atoms with Gasteiger partial charge in [-0.05, 0) is 62.7 Å². The Kier molecular flexibility index (Phi) is 5.59. The molecule has 1 saturated heterocycles. The zero-order chi connectivity index (χ0) is 21.1. The van der Waals surface area contributed by atoms with Crippen LogP contribution in [0.4, 0.5) is 5.69 Å². The van der Waals surface area contributed by atoms with Gasteiger partial charge in [-0.1, -0.05) is 0 Å². The van der Waals surface area contributed by atoms with Crippen molar-refractivity contribution >= 4 is 27.5 Å². The van der Waals surface area contributed by atoms with Crippen LogP contribution in [-0.4, -0.2) is 35.0 Å². The molecule has 30 heavy (non-hydrogen) atoms. The normalized spacial score (nSPS) is 13.2. The SMILES string of the molecule is C1CCNC1.COc1cc(C)c2[nH]ccc2c1Cn1cc2ccc(C#N)c(N)c2n1. The summed E-state index contributed by atoms with van der Waals surface area (Å²) in [7, 11) is 1.67. The van der Waals surface area contributed by atoms with E-state index >= 15 is 0 Å². The fourth-order valence-corrected chi connectivity index (χ4v) is 3.91. The summed E-state index contributed by atoms with van der Waals surface area (Å²) >= 11 is 0. The number of fused-ring (bicyclic) bond motifs is 2. The molecule has 0 unspecified atom stereocenters. The Labute approximate surface area is 175 Å². The molecule has 3 heterocycles. The number of ether oxygens (including phenoxy) is 1.